The van der Waals surface area contributed by atoms with E-state index in [-0.39, 0.29) is 17.2 Å². The van der Waals surface area contributed by atoms with Gasteiger partial charge in [0.1, 0.15) is 5.76 Å². The number of nitrogens with zero attached hydrogens (tertiary/aromatic N) is 2. The number of anilines is 1. The molecule has 2 aromatic heterocycles. The number of amides is 1. The molecule has 0 aliphatic heterocycles. The molecule has 0 radical (unpaired) electrons. The lowest BCUT2D eigenvalue weighted by molar-refractivity contribution is -0.115. The van der Waals surface area contributed by atoms with Gasteiger partial charge in [0, 0.05) is 18.8 Å². The Bertz CT molecular complexity index is 1130. The Hall–Kier alpha value is -2.49. The lowest BCUT2D eigenvalue weighted by Crippen LogP contribution is -2.31. The summed E-state index contributed by atoms with van der Waals surface area (Å²) in [5, 5.41) is 4.71. The Morgan fingerprint density at radius 3 is 2.57 bits per heavy atom. The van der Waals surface area contributed by atoms with Crippen LogP contribution in [-0.2, 0) is 21.2 Å². The van der Waals surface area contributed by atoms with Gasteiger partial charge in [0.05, 0.1) is 21.9 Å². The molecule has 3 rings (SSSR count). The second-order valence-corrected chi connectivity index (χ2v) is 9.65. The van der Waals surface area contributed by atoms with Gasteiger partial charge >= 0.3 is 0 Å². The van der Waals surface area contributed by atoms with Crippen LogP contribution < -0.4 is 5.32 Å². The number of carbonyl (C=O) groups excluding carboxylic acids is 1. The molecule has 0 bridgehead atoms. The van der Waals surface area contributed by atoms with E-state index >= 15 is 0 Å². The smallest absolute Gasteiger partial charge is 0.243 e. The Balaban J connectivity index is 1.78. The number of nitrogens with one attached hydrogen (secondary N) is 1. The van der Waals surface area contributed by atoms with Crippen LogP contribution in [0.3, 0.4) is 0 Å². The zero-order valence-electron chi connectivity index (χ0n) is 17.4. The van der Waals surface area contributed by atoms with Crippen molar-refractivity contribution in [3.8, 4) is 10.8 Å². The first-order valence-corrected chi connectivity index (χ1v) is 12.0. The maximum absolute atomic E-state index is 12.9. The fourth-order valence-electron chi connectivity index (χ4n) is 3.11. The number of thiophene rings is 1. The zero-order valence-corrected chi connectivity index (χ0v) is 19.1. The van der Waals surface area contributed by atoms with Crippen molar-refractivity contribution in [2.24, 2.45) is 0 Å². The van der Waals surface area contributed by atoms with Crippen molar-refractivity contribution in [2.45, 2.75) is 39.0 Å². The summed E-state index contributed by atoms with van der Waals surface area (Å²) in [6.07, 6.45) is 0.0344. The normalized spacial score (nSPS) is 11.8. The van der Waals surface area contributed by atoms with Gasteiger partial charge in [-0.15, -0.1) is 11.3 Å². The van der Waals surface area contributed by atoms with Crippen LogP contribution in [0.5, 0.6) is 0 Å². The summed E-state index contributed by atoms with van der Waals surface area (Å²) in [5.74, 6) is 0.787. The predicted molar refractivity (Wildman–Crippen MR) is 118 cm³/mol. The van der Waals surface area contributed by atoms with Gasteiger partial charge in [-0.2, -0.15) is 4.31 Å². The number of aryl methyl sites for hydroxylation is 2. The summed E-state index contributed by atoms with van der Waals surface area (Å²) in [6, 6.07) is 8.72. The van der Waals surface area contributed by atoms with Crippen molar-refractivity contribution in [1.29, 1.82) is 0 Å². The fourth-order valence-corrected chi connectivity index (χ4v) is 5.47. The van der Waals surface area contributed by atoms with Gasteiger partial charge in [0.25, 0.3) is 0 Å². The standard InChI is InChI=1S/C21H25N3O4S2/c1-5-24(6-2)30(26,27)19-12-16(10-9-14(19)3)22-20(25)13-17-15(4)28-21(23-17)18-8-7-11-29-18/h7-12H,5-6,13H2,1-4H3,(H,22,25). The minimum absolute atomic E-state index is 0.0344. The largest absolute Gasteiger partial charge is 0.440 e. The lowest BCUT2D eigenvalue weighted by Gasteiger charge is -2.20. The predicted octanol–water partition coefficient (Wildman–Crippen LogP) is 4.23. The van der Waals surface area contributed by atoms with E-state index in [0.717, 1.165) is 4.88 Å². The highest BCUT2D eigenvalue weighted by atomic mass is 32.2. The van der Waals surface area contributed by atoms with E-state index < -0.39 is 10.0 Å². The molecule has 30 heavy (non-hydrogen) atoms. The molecule has 1 aromatic carbocycles. The molecule has 0 spiro atoms. The summed E-state index contributed by atoms with van der Waals surface area (Å²) >= 11 is 1.51. The molecular formula is C21H25N3O4S2. The van der Waals surface area contributed by atoms with Gasteiger partial charge in [-0.1, -0.05) is 26.0 Å². The van der Waals surface area contributed by atoms with Crippen molar-refractivity contribution >= 4 is 33.0 Å². The first kappa shape index (κ1) is 22.2. The van der Waals surface area contributed by atoms with Gasteiger partial charge in [-0.3, -0.25) is 4.79 Å². The molecule has 7 nitrogen and oxygen atoms in total. The summed E-state index contributed by atoms with van der Waals surface area (Å²) in [7, 11) is -3.62. The summed E-state index contributed by atoms with van der Waals surface area (Å²) in [5.41, 5.74) is 1.61. The number of rotatable bonds is 8. The van der Waals surface area contributed by atoms with E-state index in [9.17, 15) is 13.2 Å². The van der Waals surface area contributed by atoms with Crippen LogP contribution in [0.15, 0.2) is 45.0 Å². The minimum Gasteiger partial charge on any atom is -0.440 e. The first-order valence-electron chi connectivity index (χ1n) is 9.67. The Morgan fingerprint density at radius 1 is 1.20 bits per heavy atom. The van der Waals surface area contributed by atoms with E-state index in [1.807, 2.05) is 17.5 Å². The lowest BCUT2D eigenvalue weighted by atomic mass is 10.2. The van der Waals surface area contributed by atoms with Crippen LogP contribution in [0.1, 0.15) is 30.9 Å². The topological polar surface area (TPSA) is 92.5 Å². The van der Waals surface area contributed by atoms with E-state index in [2.05, 4.69) is 10.3 Å². The fraction of sp³-hybridized carbons (Fsp3) is 0.333. The second-order valence-electron chi connectivity index (χ2n) is 6.79. The number of benzene rings is 1. The molecule has 3 aromatic rings. The zero-order chi connectivity index (χ0) is 21.9. The Kier molecular flexibility index (Phi) is 6.74. The van der Waals surface area contributed by atoms with Gasteiger partial charge in [-0.25, -0.2) is 13.4 Å². The number of oxazole rings is 1. The van der Waals surface area contributed by atoms with Crippen molar-refractivity contribution < 1.29 is 17.6 Å². The molecule has 0 aliphatic carbocycles. The van der Waals surface area contributed by atoms with Crippen molar-refractivity contribution in [2.75, 3.05) is 18.4 Å². The van der Waals surface area contributed by atoms with Crippen LogP contribution in [0.25, 0.3) is 10.8 Å². The summed E-state index contributed by atoms with van der Waals surface area (Å²) in [4.78, 5) is 18.1. The van der Waals surface area contributed by atoms with Crippen LogP contribution in [0.2, 0.25) is 0 Å². The molecule has 0 unspecified atom stereocenters. The quantitative estimate of drug-likeness (QED) is 0.558. The molecular weight excluding hydrogens is 422 g/mol. The molecule has 2 heterocycles. The van der Waals surface area contributed by atoms with E-state index in [1.54, 1.807) is 39.8 Å². The van der Waals surface area contributed by atoms with Crippen LogP contribution >= 0.6 is 11.3 Å². The molecule has 0 atom stereocenters. The maximum atomic E-state index is 12.9. The highest BCUT2D eigenvalue weighted by Gasteiger charge is 2.24. The molecule has 0 fully saturated rings. The second kappa shape index (κ2) is 9.11. The Labute approximate surface area is 180 Å². The summed E-state index contributed by atoms with van der Waals surface area (Å²) in [6.45, 7) is 7.87. The van der Waals surface area contributed by atoms with Gasteiger partial charge < -0.3 is 9.73 Å². The Morgan fingerprint density at radius 2 is 1.93 bits per heavy atom. The van der Waals surface area contributed by atoms with Gasteiger partial charge in [-0.05, 0) is 43.0 Å². The third kappa shape index (κ3) is 4.63. The number of hydrogen-bond acceptors (Lipinski definition) is 6. The van der Waals surface area contributed by atoms with E-state index in [0.29, 0.717) is 41.7 Å². The number of hydrogen-bond donors (Lipinski definition) is 1. The molecule has 0 saturated heterocycles. The molecule has 9 heteroatoms. The van der Waals surface area contributed by atoms with Crippen molar-refractivity contribution in [1.82, 2.24) is 9.29 Å². The highest BCUT2D eigenvalue weighted by Crippen LogP contribution is 2.27. The van der Waals surface area contributed by atoms with Crippen molar-refractivity contribution in [3.63, 3.8) is 0 Å². The van der Waals surface area contributed by atoms with E-state index in [1.165, 1.54) is 21.7 Å². The van der Waals surface area contributed by atoms with Crippen LogP contribution in [-0.4, -0.2) is 36.7 Å². The number of carbonyl (C=O) groups is 1. The highest BCUT2D eigenvalue weighted by molar-refractivity contribution is 7.89. The van der Waals surface area contributed by atoms with Crippen LogP contribution in [0.4, 0.5) is 5.69 Å². The van der Waals surface area contributed by atoms with Gasteiger partial charge in [0.15, 0.2) is 0 Å². The summed E-state index contributed by atoms with van der Waals surface area (Å²) < 4.78 is 32.9. The maximum Gasteiger partial charge on any atom is 0.243 e. The number of sulfonamides is 1. The first-order chi connectivity index (χ1) is 14.3. The molecule has 1 amide bonds. The molecule has 0 aliphatic rings. The molecule has 1 N–H and O–H groups in total. The van der Waals surface area contributed by atoms with Crippen molar-refractivity contribution in [3.05, 3.63) is 52.7 Å². The van der Waals surface area contributed by atoms with Crippen LogP contribution in [0, 0.1) is 13.8 Å². The monoisotopic (exact) mass is 447 g/mol. The van der Waals surface area contributed by atoms with E-state index in [4.69, 9.17) is 4.42 Å². The van der Waals surface area contributed by atoms with Gasteiger partial charge in [0.2, 0.25) is 21.8 Å². The SMILES string of the molecule is CCN(CC)S(=O)(=O)c1cc(NC(=O)Cc2nc(-c3cccs3)oc2C)ccc1C. The molecule has 0 saturated carbocycles. The average molecular weight is 448 g/mol. The third-order valence-corrected chi connectivity index (χ3v) is 7.80. The average Bonchev–Trinajstić information content (AvgIpc) is 3.34. The molecule has 160 valence electrons. The minimum atomic E-state index is -3.62. The number of aromatic nitrogens is 1. The third-order valence-electron chi connectivity index (χ3n) is 4.75.